The number of benzene rings is 2. The summed E-state index contributed by atoms with van der Waals surface area (Å²) in [5.74, 6) is -0.942. The van der Waals surface area contributed by atoms with Crippen molar-refractivity contribution in [3.8, 4) is 0 Å². The minimum Gasteiger partial charge on any atom is -0.478 e. The molecule has 0 radical (unpaired) electrons. The summed E-state index contributed by atoms with van der Waals surface area (Å²) < 4.78 is 27.3. The van der Waals surface area contributed by atoms with Crippen molar-refractivity contribution in [2.45, 2.75) is 11.4 Å². The molecule has 3 aromatic rings. The summed E-state index contributed by atoms with van der Waals surface area (Å²) in [4.78, 5) is 17.7. The van der Waals surface area contributed by atoms with Gasteiger partial charge in [-0.05, 0) is 23.8 Å². The summed E-state index contributed by atoms with van der Waals surface area (Å²) in [6, 6.07) is 18.7. The molecule has 28 heavy (non-hydrogen) atoms. The van der Waals surface area contributed by atoms with E-state index in [1.54, 1.807) is 30.1 Å². The molecular formula is C20H19N3O4S. The van der Waals surface area contributed by atoms with E-state index in [2.05, 4.69) is 9.71 Å². The second-order valence-corrected chi connectivity index (χ2v) is 7.84. The van der Waals surface area contributed by atoms with Crippen LogP contribution >= 0.6 is 0 Å². The third kappa shape index (κ3) is 4.47. The minimum absolute atomic E-state index is 0.0807. The van der Waals surface area contributed by atoms with E-state index in [1.165, 1.54) is 24.4 Å². The summed E-state index contributed by atoms with van der Waals surface area (Å²) in [5.41, 5.74) is 0.988. The van der Waals surface area contributed by atoms with Crippen LogP contribution in [-0.4, -0.2) is 31.5 Å². The fraction of sp³-hybridized carbons (Fsp3) is 0.100. The van der Waals surface area contributed by atoms with Gasteiger partial charge in [0.15, 0.2) is 0 Å². The first kappa shape index (κ1) is 19.4. The van der Waals surface area contributed by atoms with Crippen molar-refractivity contribution in [3.63, 3.8) is 0 Å². The summed E-state index contributed by atoms with van der Waals surface area (Å²) in [6.45, 7) is 0.462. The van der Waals surface area contributed by atoms with Gasteiger partial charge in [0.25, 0.3) is 10.0 Å². The molecule has 0 amide bonds. The first-order valence-corrected chi connectivity index (χ1v) is 9.91. The number of hydrogen-bond donors (Lipinski definition) is 2. The Bertz CT molecular complexity index is 1070. The third-order valence-corrected chi connectivity index (χ3v) is 5.42. The van der Waals surface area contributed by atoms with Gasteiger partial charge in [-0.3, -0.25) is 4.72 Å². The van der Waals surface area contributed by atoms with Crippen LogP contribution in [0.4, 0.5) is 11.5 Å². The highest BCUT2D eigenvalue weighted by Crippen LogP contribution is 2.24. The zero-order valence-corrected chi connectivity index (χ0v) is 15.9. The molecule has 0 aliphatic heterocycles. The Morgan fingerprint density at radius 2 is 1.68 bits per heavy atom. The largest absolute Gasteiger partial charge is 0.478 e. The number of aromatic carboxylic acids is 1. The van der Waals surface area contributed by atoms with E-state index in [-0.39, 0.29) is 22.0 Å². The Hall–Kier alpha value is -3.39. The Morgan fingerprint density at radius 3 is 2.29 bits per heavy atom. The highest BCUT2D eigenvalue weighted by Gasteiger charge is 2.19. The van der Waals surface area contributed by atoms with Gasteiger partial charge in [0.1, 0.15) is 11.4 Å². The van der Waals surface area contributed by atoms with E-state index in [0.717, 1.165) is 5.56 Å². The maximum atomic E-state index is 12.4. The number of carboxylic acids is 1. The summed E-state index contributed by atoms with van der Waals surface area (Å²) in [7, 11) is -2.10. The smallest absolute Gasteiger partial charge is 0.339 e. The summed E-state index contributed by atoms with van der Waals surface area (Å²) in [6.07, 6.45) is 1.31. The zero-order chi connectivity index (χ0) is 20.1. The van der Waals surface area contributed by atoms with Crippen LogP contribution in [0.1, 0.15) is 15.9 Å². The fourth-order valence-corrected chi connectivity index (χ4v) is 3.78. The summed E-state index contributed by atoms with van der Waals surface area (Å²) in [5, 5.41) is 9.58. The molecule has 144 valence electrons. The molecule has 0 saturated carbocycles. The van der Waals surface area contributed by atoms with E-state index >= 15 is 0 Å². The maximum Gasteiger partial charge on any atom is 0.339 e. The molecule has 0 saturated heterocycles. The number of pyridine rings is 1. The predicted octanol–water partition coefficient (Wildman–Crippen LogP) is 3.22. The van der Waals surface area contributed by atoms with Crippen LogP contribution in [0.3, 0.4) is 0 Å². The molecule has 0 atom stereocenters. The average molecular weight is 397 g/mol. The first-order valence-electron chi connectivity index (χ1n) is 8.43. The van der Waals surface area contributed by atoms with Gasteiger partial charge in [-0.25, -0.2) is 18.2 Å². The van der Waals surface area contributed by atoms with Gasteiger partial charge in [0.2, 0.25) is 0 Å². The van der Waals surface area contributed by atoms with Crippen LogP contribution in [0.2, 0.25) is 0 Å². The normalized spacial score (nSPS) is 11.0. The van der Waals surface area contributed by atoms with Crippen molar-refractivity contribution in [3.05, 3.63) is 84.1 Å². The molecule has 1 heterocycles. The lowest BCUT2D eigenvalue weighted by Crippen LogP contribution is -2.21. The van der Waals surface area contributed by atoms with Crippen molar-refractivity contribution in [2.75, 3.05) is 16.7 Å². The quantitative estimate of drug-likeness (QED) is 0.635. The van der Waals surface area contributed by atoms with Gasteiger partial charge in [0.05, 0.1) is 16.8 Å². The van der Waals surface area contributed by atoms with Crippen molar-refractivity contribution >= 4 is 27.5 Å². The average Bonchev–Trinajstić information content (AvgIpc) is 2.69. The van der Waals surface area contributed by atoms with Crippen molar-refractivity contribution in [2.24, 2.45) is 0 Å². The molecule has 0 aliphatic carbocycles. The number of aromatic nitrogens is 1. The predicted molar refractivity (Wildman–Crippen MR) is 107 cm³/mol. The Balaban J connectivity index is 1.88. The van der Waals surface area contributed by atoms with Crippen molar-refractivity contribution in [1.82, 2.24) is 4.98 Å². The molecule has 0 unspecified atom stereocenters. The van der Waals surface area contributed by atoms with Crippen LogP contribution in [-0.2, 0) is 16.6 Å². The van der Waals surface area contributed by atoms with Gasteiger partial charge in [0, 0.05) is 13.6 Å². The van der Waals surface area contributed by atoms with E-state index in [0.29, 0.717) is 6.54 Å². The maximum absolute atomic E-state index is 12.4. The van der Waals surface area contributed by atoms with Crippen LogP contribution in [0, 0.1) is 0 Å². The molecule has 2 aromatic carbocycles. The van der Waals surface area contributed by atoms with Gasteiger partial charge < -0.3 is 10.0 Å². The molecule has 7 nitrogen and oxygen atoms in total. The number of nitrogens with zero attached hydrogens (tertiary/aromatic N) is 2. The standard InChI is InChI=1S/C20H19N3O4S/c1-23(14-15-8-4-2-5-9-15)19-18(20(24)25)12-16(13-21-19)22-28(26,27)17-10-6-3-7-11-17/h2-13,22H,14H2,1H3,(H,24,25). The van der Waals surface area contributed by atoms with E-state index in [9.17, 15) is 18.3 Å². The van der Waals surface area contributed by atoms with Crippen molar-refractivity contribution in [1.29, 1.82) is 0 Å². The lowest BCUT2D eigenvalue weighted by Gasteiger charge is -2.20. The van der Waals surface area contributed by atoms with Gasteiger partial charge in [-0.1, -0.05) is 48.5 Å². The van der Waals surface area contributed by atoms with Crippen molar-refractivity contribution < 1.29 is 18.3 Å². The second kappa shape index (κ2) is 8.10. The minimum atomic E-state index is -3.83. The number of rotatable bonds is 7. The lowest BCUT2D eigenvalue weighted by molar-refractivity contribution is 0.0697. The van der Waals surface area contributed by atoms with Gasteiger partial charge in [-0.15, -0.1) is 0 Å². The Labute approximate surface area is 163 Å². The number of carboxylic acid groups (broad SMARTS) is 1. The molecule has 0 aliphatic rings. The van der Waals surface area contributed by atoms with Crippen LogP contribution in [0.5, 0.6) is 0 Å². The van der Waals surface area contributed by atoms with E-state index < -0.39 is 16.0 Å². The highest BCUT2D eigenvalue weighted by atomic mass is 32.2. The number of hydrogen-bond acceptors (Lipinski definition) is 5. The molecule has 0 spiro atoms. The van der Waals surface area contributed by atoms with Crippen LogP contribution in [0.25, 0.3) is 0 Å². The van der Waals surface area contributed by atoms with Crippen LogP contribution in [0.15, 0.2) is 77.8 Å². The SMILES string of the molecule is CN(Cc1ccccc1)c1ncc(NS(=O)(=O)c2ccccc2)cc1C(=O)O. The highest BCUT2D eigenvalue weighted by molar-refractivity contribution is 7.92. The molecule has 3 rings (SSSR count). The second-order valence-electron chi connectivity index (χ2n) is 6.16. The zero-order valence-electron chi connectivity index (χ0n) is 15.1. The fourth-order valence-electron chi connectivity index (χ4n) is 2.72. The van der Waals surface area contributed by atoms with Gasteiger partial charge >= 0.3 is 5.97 Å². The third-order valence-electron chi connectivity index (χ3n) is 4.03. The summed E-state index contributed by atoms with van der Waals surface area (Å²) >= 11 is 0. The topological polar surface area (TPSA) is 99.6 Å². The van der Waals surface area contributed by atoms with Gasteiger partial charge in [-0.2, -0.15) is 0 Å². The monoisotopic (exact) mass is 397 g/mol. The molecule has 2 N–H and O–H groups in total. The number of anilines is 2. The molecule has 1 aromatic heterocycles. The Kier molecular flexibility index (Phi) is 5.60. The molecule has 0 fully saturated rings. The molecular weight excluding hydrogens is 378 g/mol. The molecule has 0 bridgehead atoms. The number of sulfonamides is 1. The van der Waals surface area contributed by atoms with Crippen LogP contribution < -0.4 is 9.62 Å². The number of carbonyl (C=O) groups is 1. The first-order chi connectivity index (χ1) is 13.4. The lowest BCUT2D eigenvalue weighted by atomic mass is 10.2. The number of nitrogens with one attached hydrogen (secondary N) is 1. The Morgan fingerprint density at radius 1 is 1.07 bits per heavy atom. The molecule has 8 heteroatoms. The van der Waals surface area contributed by atoms with E-state index in [1.807, 2.05) is 30.3 Å². The van der Waals surface area contributed by atoms with E-state index in [4.69, 9.17) is 0 Å².